The monoisotopic (exact) mass is 467 g/mol. The van der Waals surface area contributed by atoms with Gasteiger partial charge in [0, 0.05) is 26.1 Å². The second kappa shape index (κ2) is 9.46. The van der Waals surface area contributed by atoms with Gasteiger partial charge in [0.2, 0.25) is 11.8 Å². The lowest BCUT2D eigenvalue weighted by molar-refractivity contribution is -0.136. The van der Waals surface area contributed by atoms with Crippen molar-refractivity contribution in [2.75, 3.05) is 44.2 Å². The first-order valence-electron chi connectivity index (χ1n) is 12.5. The maximum Gasteiger partial charge on any atom is 0.264 e. The summed E-state index contributed by atoms with van der Waals surface area (Å²) in [5, 5.41) is 2.25. The molecule has 0 saturated carbocycles. The molecule has 3 fully saturated rings. The van der Waals surface area contributed by atoms with Crippen LogP contribution in [0.5, 0.6) is 0 Å². The van der Waals surface area contributed by atoms with Crippen LogP contribution >= 0.6 is 0 Å². The molecule has 4 heterocycles. The highest BCUT2D eigenvalue weighted by molar-refractivity contribution is 6.25. The number of nitrogens with zero attached hydrogens (tertiary/aromatic N) is 3. The highest BCUT2D eigenvalue weighted by Gasteiger charge is 2.46. The summed E-state index contributed by atoms with van der Waals surface area (Å²) in [7, 11) is 0. The summed E-state index contributed by atoms with van der Waals surface area (Å²) >= 11 is 0. The van der Waals surface area contributed by atoms with E-state index in [1.54, 1.807) is 12.1 Å². The van der Waals surface area contributed by atoms with Gasteiger partial charge in [0.05, 0.1) is 16.8 Å². The fourth-order valence-electron chi connectivity index (χ4n) is 5.89. The van der Waals surface area contributed by atoms with Crippen molar-refractivity contribution in [1.29, 1.82) is 0 Å². The smallest absolute Gasteiger partial charge is 0.264 e. The van der Waals surface area contributed by atoms with Crippen LogP contribution in [0.4, 0.5) is 5.69 Å². The van der Waals surface area contributed by atoms with Gasteiger partial charge in [-0.05, 0) is 75.7 Å². The Balaban J connectivity index is 1.25. The largest absolute Gasteiger partial charge is 0.371 e. The van der Waals surface area contributed by atoms with Crippen molar-refractivity contribution < 1.29 is 19.2 Å². The maximum atomic E-state index is 13.4. The van der Waals surface area contributed by atoms with Crippen molar-refractivity contribution in [3.63, 3.8) is 0 Å². The van der Waals surface area contributed by atoms with Gasteiger partial charge in [-0.15, -0.1) is 0 Å². The zero-order valence-electron chi connectivity index (χ0n) is 19.5. The molecule has 4 aliphatic rings. The highest BCUT2D eigenvalue weighted by Crippen LogP contribution is 2.36. The van der Waals surface area contributed by atoms with Gasteiger partial charge in [0.15, 0.2) is 0 Å². The number of benzene rings is 1. The Hall–Kier alpha value is -2.78. The Bertz CT molecular complexity index is 995. The molecule has 9 nitrogen and oxygen atoms in total. The van der Waals surface area contributed by atoms with Crippen LogP contribution in [-0.2, 0) is 9.59 Å². The normalized spacial score (nSPS) is 25.1. The van der Waals surface area contributed by atoms with E-state index < -0.39 is 23.8 Å². The Morgan fingerprint density at radius 2 is 1.59 bits per heavy atom. The molecule has 34 heavy (non-hydrogen) atoms. The molecule has 3 N–H and O–H groups in total. The standard InChI is InChI=1S/C25H33N5O4/c26-14-16-6-10-28(11-7-16)15-17-8-12-29(13-9-17)19-3-1-2-18-22(19)25(34)30(24(18)33)20-4-5-21(31)27-23(20)32/h1-3,16-17,20H,4-15,26H2,(H,27,31,32). The number of hydrogen-bond acceptors (Lipinski definition) is 7. The number of amides is 4. The van der Waals surface area contributed by atoms with Crippen LogP contribution in [0.15, 0.2) is 18.2 Å². The number of nitrogens with two attached hydrogens (primary N) is 1. The van der Waals surface area contributed by atoms with E-state index in [1.807, 2.05) is 6.07 Å². The lowest BCUT2D eigenvalue weighted by Gasteiger charge is -2.38. The van der Waals surface area contributed by atoms with E-state index in [2.05, 4.69) is 15.1 Å². The van der Waals surface area contributed by atoms with E-state index in [0.717, 1.165) is 62.7 Å². The molecule has 0 spiro atoms. The molecule has 4 aliphatic heterocycles. The SMILES string of the molecule is NCC1CCN(CC2CCN(c3cccc4c3C(=O)N(C3CCC(=O)NC3=O)C4=O)CC2)CC1. The number of rotatable bonds is 5. The fourth-order valence-corrected chi connectivity index (χ4v) is 5.89. The topological polar surface area (TPSA) is 116 Å². The van der Waals surface area contributed by atoms with Gasteiger partial charge in [-0.3, -0.25) is 29.4 Å². The van der Waals surface area contributed by atoms with Crippen LogP contribution in [-0.4, -0.2) is 78.7 Å². The molecule has 1 atom stereocenters. The zero-order chi connectivity index (χ0) is 23.8. The number of anilines is 1. The number of imide groups is 2. The summed E-state index contributed by atoms with van der Waals surface area (Å²) in [6.07, 6.45) is 4.74. The quantitative estimate of drug-likeness (QED) is 0.620. The van der Waals surface area contributed by atoms with Gasteiger partial charge >= 0.3 is 0 Å². The molecule has 0 aromatic heterocycles. The third-order valence-electron chi connectivity index (χ3n) is 7.96. The predicted molar refractivity (Wildman–Crippen MR) is 126 cm³/mol. The Kier molecular flexibility index (Phi) is 6.40. The summed E-state index contributed by atoms with van der Waals surface area (Å²) < 4.78 is 0. The Morgan fingerprint density at radius 3 is 2.26 bits per heavy atom. The minimum atomic E-state index is -0.938. The lowest BCUT2D eigenvalue weighted by atomic mass is 9.92. The van der Waals surface area contributed by atoms with Crippen molar-refractivity contribution in [2.45, 2.75) is 44.6 Å². The summed E-state index contributed by atoms with van der Waals surface area (Å²) in [5.74, 6) is -0.547. The molecular formula is C25H33N5O4. The molecule has 5 rings (SSSR count). The number of nitrogens with one attached hydrogen (secondary N) is 1. The van der Waals surface area contributed by atoms with Crippen LogP contribution in [0.3, 0.4) is 0 Å². The Labute approximate surface area is 199 Å². The van der Waals surface area contributed by atoms with E-state index in [-0.39, 0.29) is 18.7 Å². The highest BCUT2D eigenvalue weighted by atomic mass is 16.2. The third-order valence-corrected chi connectivity index (χ3v) is 7.96. The van der Waals surface area contributed by atoms with E-state index >= 15 is 0 Å². The molecule has 0 bridgehead atoms. The van der Waals surface area contributed by atoms with Crippen LogP contribution < -0.4 is 16.0 Å². The number of likely N-dealkylation sites (tertiary alicyclic amines) is 1. The number of piperidine rings is 3. The van der Waals surface area contributed by atoms with Crippen LogP contribution in [0, 0.1) is 11.8 Å². The average molecular weight is 468 g/mol. The molecule has 0 radical (unpaired) electrons. The third kappa shape index (κ3) is 4.22. The average Bonchev–Trinajstić information content (AvgIpc) is 3.10. The van der Waals surface area contributed by atoms with Crippen molar-refractivity contribution in [3.8, 4) is 0 Å². The molecule has 1 aromatic rings. The van der Waals surface area contributed by atoms with Crippen molar-refractivity contribution in [3.05, 3.63) is 29.3 Å². The number of hydrogen-bond donors (Lipinski definition) is 2. The number of carbonyl (C=O) groups excluding carboxylic acids is 4. The molecule has 3 saturated heterocycles. The molecular weight excluding hydrogens is 434 g/mol. The summed E-state index contributed by atoms with van der Waals surface area (Å²) in [6, 6.07) is 4.42. The maximum absolute atomic E-state index is 13.4. The van der Waals surface area contributed by atoms with Gasteiger partial charge in [0.1, 0.15) is 6.04 Å². The molecule has 0 aliphatic carbocycles. The van der Waals surface area contributed by atoms with E-state index in [0.29, 0.717) is 23.0 Å². The van der Waals surface area contributed by atoms with Gasteiger partial charge in [-0.2, -0.15) is 0 Å². The number of carbonyl (C=O) groups is 4. The first-order valence-corrected chi connectivity index (χ1v) is 12.5. The second-order valence-corrected chi connectivity index (χ2v) is 10.1. The zero-order valence-corrected chi connectivity index (χ0v) is 19.5. The predicted octanol–water partition coefficient (Wildman–Crippen LogP) is 0.975. The first-order chi connectivity index (χ1) is 16.5. The van der Waals surface area contributed by atoms with E-state index in [9.17, 15) is 19.2 Å². The fraction of sp³-hybridized carbons (Fsp3) is 0.600. The minimum Gasteiger partial charge on any atom is -0.371 e. The van der Waals surface area contributed by atoms with Gasteiger partial charge in [0.25, 0.3) is 11.8 Å². The summed E-state index contributed by atoms with van der Waals surface area (Å²) in [5.41, 5.74) is 7.32. The second-order valence-electron chi connectivity index (χ2n) is 10.1. The van der Waals surface area contributed by atoms with Crippen molar-refractivity contribution in [1.82, 2.24) is 15.1 Å². The molecule has 9 heteroatoms. The van der Waals surface area contributed by atoms with Crippen LogP contribution in [0.2, 0.25) is 0 Å². The van der Waals surface area contributed by atoms with Crippen LogP contribution in [0.1, 0.15) is 59.2 Å². The molecule has 182 valence electrons. The lowest BCUT2D eigenvalue weighted by Crippen LogP contribution is -2.54. The van der Waals surface area contributed by atoms with Crippen LogP contribution in [0.25, 0.3) is 0 Å². The van der Waals surface area contributed by atoms with Gasteiger partial charge in [-0.1, -0.05) is 6.07 Å². The molecule has 4 amide bonds. The molecule has 1 unspecified atom stereocenters. The van der Waals surface area contributed by atoms with E-state index in [4.69, 9.17) is 5.73 Å². The Morgan fingerprint density at radius 1 is 0.882 bits per heavy atom. The summed E-state index contributed by atoms with van der Waals surface area (Å²) in [4.78, 5) is 56.2. The van der Waals surface area contributed by atoms with Gasteiger partial charge in [-0.25, -0.2) is 0 Å². The summed E-state index contributed by atoms with van der Waals surface area (Å²) in [6.45, 7) is 5.82. The first kappa shape index (κ1) is 23.0. The van der Waals surface area contributed by atoms with E-state index in [1.165, 1.54) is 12.8 Å². The van der Waals surface area contributed by atoms with Crippen molar-refractivity contribution in [2.24, 2.45) is 17.6 Å². The number of fused-ring (bicyclic) bond motifs is 1. The van der Waals surface area contributed by atoms with Crippen molar-refractivity contribution >= 4 is 29.3 Å². The van der Waals surface area contributed by atoms with Gasteiger partial charge < -0.3 is 15.5 Å². The molecule has 1 aromatic carbocycles. The minimum absolute atomic E-state index is 0.119.